The zero-order valence-electron chi connectivity index (χ0n) is 20.2. The molecule has 0 radical (unpaired) electrons. The quantitative estimate of drug-likeness (QED) is 0.257. The lowest BCUT2D eigenvalue weighted by Crippen LogP contribution is -1.98. The Morgan fingerprint density at radius 1 is 0.794 bits per heavy atom. The normalized spacial score (nSPS) is 12.2. The van der Waals surface area contributed by atoms with Crippen LogP contribution in [0.2, 0.25) is 0 Å². The third kappa shape index (κ3) is 3.09. The number of hydrogen-bond donors (Lipinski definition) is 0. The van der Waals surface area contributed by atoms with E-state index in [1.54, 1.807) is 6.33 Å². The van der Waals surface area contributed by atoms with Gasteiger partial charge in [-0.2, -0.15) is 0 Å². The smallest absolute Gasteiger partial charge is 0.227 e. The average Bonchev–Trinajstić information content (AvgIpc) is 3.20. The summed E-state index contributed by atoms with van der Waals surface area (Å²) in [5.41, 5.74) is 7.94. The van der Waals surface area contributed by atoms with E-state index in [-0.39, 0.29) is 0 Å². The van der Waals surface area contributed by atoms with Crippen molar-refractivity contribution in [1.82, 2.24) is 15.0 Å². The predicted octanol–water partition coefficient (Wildman–Crippen LogP) is 8.30. The highest BCUT2D eigenvalue weighted by atomic mass is 16.3. The van der Waals surface area contributed by atoms with Crippen molar-refractivity contribution in [3.8, 4) is 11.3 Å². The van der Waals surface area contributed by atoms with Gasteiger partial charge in [0.15, 0.2) is 0 Å². The Morgan fingerprint density at radius 3 is 2.41 bits per heavy atom. The first-order chi connectivity index (χ1) is 16.4. The zero-order valence-corrected chi connectivity index (χ0v) is 20.2. The lowest BCUT2D eigenvalue weighted by atomic mass is 9.88. The van der Waals surface area contributed by atoms with Crippen LogP contribution in [0, 0.1) is 6.92 Å². The van der Waals surface area contributed by atoms with E-state index in [1.165, 1.54) is 21.9 Å². The summed E-state index contributed by atoms with van der Waals surface area (Å²) in [6.45, 7) is 11.0. The number of aryl methyl sites for hydroxylation is 1. The Hall–Kier alpha value is -3.79. The van der Waals surface area contributed by atoms with Crippen LogP contribution in [0.5, 0.6) is 0 Å². The van der Waals surface area contributed by atoms with Gasteiger partial charge in [-0.3, -0.25) is 0 Å². The summed E-state index contributed by atoms with van der Waals surface area (Å²) >= 11 is 0. The molecule has 3 heterocycles. The molecule has 3 aromatic heterocycles. The zero-order chi connectivity index (χ0) is 23.6. The van der Waals surface area contributed by atoms with Crippen LogP contribution in [-0.4, -0.2) is 15.0 Å². The molecule has 3 aromatic carbocycles. The fourth-order valence-corrected chi connectivity index (χ4v) is 5.00. The van der Waals surface area contributed by atoms with Gasteiger partial charge in [0.1, 0.15) is 11.9 Å². The van der Waals surface area contributed by atoms with Crippen LogP contribution < -0.4 is 0 Å². The van der Waals surface area contributed by atoms with Crippen LogP contribution in [0.1, 0.15) is 56.4 Å². The van der Waals surface area contributed by atoms with Crippen molar-refractivity contribution in [2.75, 3.05) is 0 Å². The second kappa shape index (κ2) is 7.63. The first-order valence-electron chi connectivity index (χ1n) is 11.9. The Bertz CT molecular complexity index is 1730. The topological polar surface area (TPSA) is 51.8 Å². The molecule has 0 aliphatic heterocycles. The summed E-state index contributed by atoms with van der Waals surface area (Å²) in [5, 5.41) is 5.56. The molecule has 0 amide bonds. The standard InChI is InChI=1S/C30H27N3O/c1-16(2)20-13-19-10-12-23-27(31-15-32-28(23)26(19)25(14-20)17(3)4)24-8-6-7-21-22-11-9-18(5)33-30(22)34-29(21)24/h6-17H,1-5H3. The largest absolute Gasteiger partial charge is 0.437 e. The minimum Gasteiger partial charge on any atom is -0.437 e. The fourth-order valence-electron chi connectivity index (χ4n) is 5.00. The molecule has 4 nitrogen and oxygen atoms in total. The average molecular weight is 446 g/mol. The molecule has 0 aliphatic carbocycles. The van der Waals surface area contributed by atoms with Gasteiger partial charge in [-0.05, 0) is 59.5 Å². The van der Waals surface area contributed by atoms with Crippen molar-refractivity contribution in [1.29, 1.82) is 0 Å². The number of benzene rings is 3. The first kappa shape index (κ1) is 20.8. The summed E-state index contributed by atoms with van der Waals surface area (Å²) in [7, 11) is 0. The van der Waals surface area contributed by atoms with Crippen molar-refractivity contribution < 1.29 is 4.42 Å². The van der Waals surface area contributed by atoms with Gasteiger partial charge < -0.3 is 4.42 Å². The van der Waals surface area contributed by atoms with Crippen LogP contribution in [0.15, 0.2) is 65.3 Å². The SMILES string of the molecule is Cc1ccc2c(n1)oc1c(-c3ncnc4c3ccc3cc(C(C)C)cc(C(C)C)c34)cccc12. The molecule has 0 aliphatic rings. The van der Waals surface area contributed by atoms with Crippen LogP contribution in [-0.2, 0) is 0 Å². The minimum absolute atomic E-state index is 0.387. The van der Waals surface area contributed by atoms with Crippen LogP contribution in [0.25, 0.3) is 55.0 Å². The molecule has 0 unspecified atom stereocenters. The molecule has 0 N–H and O–H groups in total. The van der Waals surface area contributed by atoms with Crippen molar-refractivity contribution >= 4 is 43.7 Å². The Kier molecular flexibility index (Phi) is 4.66. The molecule has 0 atom stereocenters. The second-order valence-corrected chi connectivity index (χ2v) is 9.79. The van der Waals surface area contributed by atoms with E-state index in [4.69, 9.17) is 14.4 Å². The molecule has 0 saturated carbocycles. The van der Waals surface area contributed by atoms with Crippen LogP contribution in [0.4, 0.5) is 0 Å². The number of furan rings is 1. The number of aromatic nitrogens is 3. The maximum absolute atomic E-state index is 6.29. The van der Waals surface area contributed by atoms with Gasteiger partial charge in [0.05, 0.1) is 11.2 Å². The molecule has 6 rings (SSSR count). The molecule has 0 spiro atoms. The lowest BCUT2D eigenvalue weighted by Gasteiger charge is -2.17. The first-order valence-corrected chi connectivity index (χ1v) is 11.9. The van der Waals surface area contributed by atoms with Gasteiger partial charge in [-0.1, -0.05) is 58.0 Å². The monoisotopic (exact) mass is 445 g/mol. The van der Waals surface area contributed by atoms with E-state index < -0.39 is 0 Å². The van der Waals surface area contributed by atoms with E-state index in [0.29, 0.717) is 17.5 Å². The molecule has 6 aromatic rings. The second-order valence-electron chi connectivity index (χ2n) is 9.79. The summed E-state index contributed by atoms with van der Waals surface area (Å²) in [4.78, 5) is 14.1. The van der Waals surface area contributed by atoms with E-state index in [2.05, 4.69) is 81.2 Å². The van der Waals surface area contributed by atoms with Gasteiger partial charge in [0, 0.05) is 32.8 Å². The van der Waals surface area contributed by atoms with Crippen molar-refractivity contribution in [3.05, 3.63) is 77.7 Å². The summed E-state index contributed by atoms with van der Waals surface area (Å²) < 4.78 is 6.29. The Balaban J connectivity index is 1.69. The maximum Gasteiger partial charge on any atom is 0.227 e. The van der Waals surface area contributed by atoms with E-state index in [1.807, 2.05) is 13.0 Å². The van der Waals surface area contributed by atoms with E-state index in [0.717, 1.165) is 44.2 Å². The number of hydrogen-bond acceptors (Lipinski definition) is 4. The van der Waals surface area contributed by atoms with Crippen molar-refractivity contribution in [2.24, 2.45) is 0 Å². The summed E-state index contributed by atoms with van der Waals surface area (Å²) in [6.07, 6.45) is 1.68. The molecule has 34 heavy (non-hydrogen) atoms. The number of pyridine rings is 1. The molecule has 0 fully saturated rings. The van der Waals surface area contributed by atoms with E-state index >= 15 is 0 Å². The van der Waals surface area contributed by atoms with Gasteiger partial charge >= 0.3 is 0 Å². The Labute approximate surface area is 198 Å². The molecule has 0 saturated heterocycles. The lowest BCUT2D eigenvalue weighted by molar-refractivity contribution is 0.653. The number of fused-ring (bicyclic) bond motifs is 6. The fraction of sp³-hybridized carbons (Fsp3) is 0.233. The van der Waals surface area contributed by atoms with Crippen molar-refractivity contribution in [2.45, 2.75) is 46.5 Å². The van der Waals surface area contributed by atoms with Crippen LogP contribution in [0.3, 0.4) is 0 Å². The summed E-state index contributed by atoms with van der Waals surface area (Å²) in [5.74, 6) is 0.861. The number of para-hydroxylation sites is 1. The van der Waals surface area contributed by atoms with Gasteiger partial charge in [-0.15, -0.1) is 0 Å². The molecular weight excluding hydrogens is 418 g/mol. The molecule has 168 valence electrons. The number of rotatable bonds is 3. The highest BCUT2D eigenvalue weighted by molar-refractivity contribution is 6.14. The predicted molar refractivity (Wildman–Crippen MR) is 140 cm³/mol. The third-order valence-corrected chi connectivity index (χ3v) is 6.82. The third-order valence-electron chi connectivity index (χ3n) is 6.82. The highest BCUT2D eigenvalue weighted by Gasteiger charge is 2.19. The molecule has 0 bridgehead atoms. The van der Waals surface area contributed by atoms with Gasteiger partial charge in [0.2, 0.25) is 5.71 Å². The van der Waals surface area contributed by atoms with Gasteiger partial charge in [0.25, 0.3) is 0 Å². The minimum atomic E-state index is 0.387. The molecular formula is C30H27N3O. The Morgan fingerprint density at radius 2 is 1.62 bits per heavy atom. The van der Waals surface area contributed by atoms with E-state index in [9.17, 15) is 0 Å². The van der Waals surface area contributed by atoms with Crippen molar-refractivity contribution in [3.63, 3.8) is 0 Å². The molecule has 4 heteroatoms. The maximum atomic E-state index is 6.29. The highest BCUT2D eigenvalue weighted by Crippen LogP contribution is 2.40. The number of nitrogens with zero attached hydrogens (tertiary/aromatic N) is 3. The van der Waals surface area contributed by atoms with Crippen LogP contribution >= 0.6 is 0 Å². The van der Waals surface area contributed by atoms with Gasteiger partial charge in [-0.25, -0.2) is 15.0 Å². The summed E-state index contributed by atoms with van der Waals surface area (Å²) in [6, 6.07) is 19.4.